The third-order valence-electron chi connectivity index (χ3n) is 6.21. The quantitative estimate of drug-likeness (QED) is 0.599. The number of carbonyl (C=O) groups is 2. The lowest BCUT2D eigenvalue weighted by molar-refractivity contribution is 0.0950. The second-order valence-corrected chi connectivity index (χ2v) is 9.39. The Morgan fingerprint density at radius 2 is 1.97 bits per heavy atom. The van der Waals surface area contributed by atoms with E-state index in [1.807, 2.05) is 32.2 Å². The van der Waals surface area contributed by atoms with Gasteiger partial charge in [0.2, 0.25) is 0 Å². The van der Waals surface area contributed by atoms with Crippen molar-refractivity contribution in [2.75, 3.05) is 13.1 Å². The lowest BCUT2D eigenvalue weighted by Gasteiger charge is -2.29. The molecule has 7 nitrogen and oxygen atoms in total. The molecule has 0 aromatic carbocycles. The van der Waals surface area contributed by atoms with Crippen LogP contribution >= 0.6 is 11.3 Å². The van der Waals surface area contributed by atoms with Crippen molar-refractivity contribution < 1.29 is 14.7 Å². The van der Waals surface area contributed by atoms with Gasteiger partial charge in [0, 0.05) is 41.1 Å². The number of nitrogens with one attached hydrogen (secondary N) is 2. The van der Waals surface area contributed by atoms with E-state index in [0.717, 1.165) is 48.9 Å². The van der Waals surface area contributed by atoms with Gasteiger partial charge in [0.05, 0.1) is 5.56 Å². The van der Waals surface area contributed by atoms with Gasteiger partial charge in [-0.05, 0) is 76.0 Å². The van der Waals surface area contributed by atoms with E-state index in [0.29, 0.717) is 30.1 Å². The second kappa shape index (κ2) is 10.1. The normalized spacial score (nSPS) is 14.6. The van der Waals surface area contributed by atoms with Gasteiger partial charge >= 0.3 is 6.09 Å². The van der Waals surface area contributed by atoms with Crippen molar-refractivity contribution in [2.24, 2.45) is 5.92 Å². The fourth-order valence-electron chi connectivity index (χ4n) is 4.26. The van der Waals surface area contributed by atoms with Gasteiger partial charge in [0.1, 0.15) is 0 Å². The molecular weight excluding hydrogens is 414 g/mol. The van der Waals surface area contributed by atoms with Crippen LogP contribution in [0.5, 0.6) is 0 Å². The van der Waals surface area contributed by atoms with Gasteiger partial charge in [-0.1, -0.05) is 0 Å². The third kappa shape index (κ3) is 5.76. The summed E-state index contributed by atoms with van der Waals surface area (Å²) in [6.45, 7) is 7.17. The minimum atomic E-state index is -0.819. The molecule has 0 bridgehead atoms. The average molecular weight is 446 g/mol. The standard InChI is InChI=1S/C23H31N3O4S/c1-14-11-15(2)25-22(28)18(14)12-24-21(27)19-13-31-20(16(19)3)6-4-5-17-7-9-26(10-8-17)23(29)30/h11,13,17H,4-10,12H2,1-3H3,(H,24,27)(H,25,28)(H,29,30). The maximum Gasteiger partial charge on any atom is 0.407 e. The number of piperidine rings is 1. The summed E-state index contributed by atoms with van der Waals surface area (Å²) in [7, 11) is 0. The molecule has 0 saturated carbocycles. The lowest BCUT2D eigenvalue weighted by Crippen LogP contribution is -2.37. The number of aromatic amines is 1. The molecule has 2 aromatic heterocycles. The molecule has 0 spiro atoms. The SMILES string of the molecule is Cc1cc(C)c(CNC(=O)c2csc(CCCC3CCN(C(=O)O)CC3)c2C)c(=O)[nH]1. The smallest absolute Gasteiger partial charge is 0.407 e. The predicted molar refractivity (Wildman–Crippen MR) is 122 cm³/mol. The molecule has 3 rings (SSSR count). The molecule has 1 aliphatic rings. The summed E-state index contributed by atoms with van der Waals surface area (Å²) in [4.78, 5) is 41.3. The third-order valence-corrected chi connectivity index (χ3v) is 7.36. The fourth-order valence-corrected chi connectivity index (χ4v) is 5.35. The summed E-state index contributed by atoms with van der Waals surface area (Å²) in [5.74, 6) is 0.426. The maximum absolute atomic E-state index is 12.7. The van der Waals surface area contributed by atoms with E-state index in [4.69, 9.17) is 5.11 Å². The molecule has 0 atom stereocenters. The first kappa shape index (κ1) is 23.1. The average Bonchev–Trinajstić information content (AvgIpc) is 3.08. The van der Waals surface area contributed by atoms with Crippen LogP contribution in [0.4, 0.5) is 4.79 Å². The summed E-state index contributed by atoms with van der Waals surface area (Å²) in [6, 6.07) is 1.91. The fraction of sp³-hybridized carbons (Fsp3) is 0.522. The van der Waals surface area contributed by atoms with Crippen molar-refractivity contribution in [1.29, 1.82) is 0 Å². The molecule has 1 fully saturated rings. The molecule has 3 heterocycles. The number of hydrogen-bond acceptors (Lipinski definition) is 4. The van der Waals surface area contributed by atoms with E-state index in [2.05, 4.69) is 10.3 Å². The molecule has 0 aliphatic carbocycles. The Morgan fingerprint density at radius 1 is 1.26 bits per heavy atom. The van der Waals surface area contributed by atoms with Crippen LogP contribution in [0.15, 0.2) is 16.2 Å². The molecule has 2 amide bonds. The van der Waals surface area contributed by atoms with Crippen molar-refractivity contribution in [3.8, 4) is 0 Å². The number of amides is 2. The Bertz CT molecular complexity index is 1000. The minimum absolute atomic E-state index is 0.152. The summed E-state index contributed by atoms with van der Waals surface area (Å²) in [5, 5.41) is 13.8. The molecule has 31 heavy (non-hydrogen) atoms. The molecule has 8 heteroatoms. The van der Waals surface area contributed by atoms with Crippen LogP contribution in [-0.4, -0.2) is 40.1 Å². The van der Waals surface area contributed by atoms with Gasteiger partial charge in [-0.15, -0.1) is 11.3 Å². The van der Waals surface area contributed by atoms with Crippen LogP contribution in [-0.2, 0) is 13.0 Å². The highest BCUT2D eigenvalue weighted by Gasteiger charge is 2.22. The van der Waals surface area contributed by atoms with Gasteiger partial charge < -0.3 is 20.3 Å². The minimum Gasteiger partial charge on any atom is -0.465 e. The van der Waals surface area contributed by atoms with E-state index in [1.54, 1.807) is 11.3 Å². The molecular formula is C23H31N3O4S. The van der Waals surface area contributed by atoms with Crippen molar-refractivity contribution in [1.82, 2.24) is 15.2 Å². The van der Waals surface area contributed by atoms with Crippen LogP contribution < -0.4 is 10.9 Å². The Labute approximate surface area is 186 Å². The monoisotopic (exact) mass is 445 g/mol. The highest BCUT2D eigenvalue weighted by Crippen LogP contribution is 2.27. The van der Waals surface area contributed by atoms with Crippen LogP contribution in [0.25, 0.3) is 0 Å². The zero-order valence-corrected chi connectivity index (χ0v) is 19.2. The Hall–Kier alpha value is -2.61. The Kier molecular flexibility index (Phi) is 7.54. The molecule has 3 N–H and O–H groups in total. The van der Waals surface area contributed by atoms with E-state index < -0.39 is 6.09 Å². The van der Waals surface area contributed by atoms with Crippen LogP contribution in [0.1, 0.15) is 63.3 Å². The molecule has 168 valence electrons. The number of aryl methyl sites for hydroxylation is 3. The Morgan fingerprint density at radius 3 is 2.61 bits per heavy atom. The predicted octanol–water partition coefficient (Wildman–Crippen LogP) is 4.00. The topological polar surface area (TPSA) is 102 Å². The first-order chi connectivity index (χ1) is 14.8. The summed E-state index contributed by atoms with van der Waals surface area (Å²) in [6.07, 6.45) is 4.10. The van der Waals surface area contributed by atoms with Crippen molar-refractivity contribution >= 4 is 23.3 Å². The van der Waals surface area contributed by atoms with E-state index in [1.165, 1.54) is 9.78 Å². The zero-order valence-electron chi connectivity index (χ0n) is 18.4. The van der Waals surface area contributed by atoms with Crippen molar-refractivity contribution in [3.05, 3.63) is 54.6 Å². The second-order valence-electron chi connectivity index (χ2n) is 8.43. The van der Waals surface area contributed by atoms with E-state index >= 15 is 0 Å². The van der Waals surface area contributed by atoms with Crippen molar-refractivity contribution in [3.63, 3.8) is 0 Å². The number of hydrogen-bond donors (Lipinski definition) is 3. The van der Waals surface area contributed by atoms with Gasteiger partial charge in [-0.2, -0.15) is 0 Å². The van der Waals surface area contributed by atoms with Gasteiger partial charge in [-0.3, -0.25) is 9.59 Å². The molecule has 1 saturated heterocycles. The highest BCUT2D eigenvalue weighted by molar-refractivity contribution is 7.10. The van der Waals surface area contributed by atoms with Crippen LogP contribution in [0.3, 0.4) is 0 Å². The lowest BCUT2D eigenvalue weighted by atomic mass is 9.91. The van der Waals surface area contributed by atoms with Gasteiger partial charge in [0.25, 0.3) is 11.5 Å². The van der Waals surface area contributed by atoms with Crippen molar-refractivity contribution in [2.45, 2.75) is 59.4 Å². The van der Waals surface area contributed by atoms with Crippen LogP contribution in [0, 0.1) is 26.7 Å². The first-order valence-corrected chi connectivity index (χ1v) is 11.7. The number of carbonyl (C=O) groups excluding carboxylic acids is 1. The van der Waals surface area contributed by atoms with Crippen LogP contribution in [0.2, 0.25) is 0 Å². The molecule has 0 radical (unpaired) electrons. The first-order valence-electron chi connectivity index (χ1n) is 10.8. The number of H-pyrrole nitrogens is 1. The van der Waals surface area contributed by atoms with Gasteiger partial charge in [-0.25, -0.2) is 4.79 Å². The molecule has 0 unspecified atom stereocenters. The maximum atomic E-state index is 12.7. The van der Waals surface area contributed by atoms with Gasteiger partial charge in [0.15, 0.2) is 0 Å². The number of likely N-dealkylation sites (tertiary alicyclic amines) is 1. The largest absolute Gasteiger partial charge is 0.465 e. The highest BCUT2D eigenvalue weighted by atomic mass is 32.1. The number of carboxylic acid groups (broad SMARTS) is 1. The summed E-state index contributed by atoms with van der Waals surface area (Å²) >= 11 is 1.61. The zero-order chi connectivity index (χ0) is 22.5. The number of pyridine rings is 1. The van der Waals surface area contributed by atoms with E-state index in [9.17, 15) is 14.4 Å². The number of nitrogens with zero attached hydrogens (tertiary/aromatic N) is 1. The number of aromatic nitrogens is 1. The number of rotatable bonds is 7. The Balaban J connectivity index is 1.50. The summed E-state index contributed by atoms with van der Waals surface area (Å²) < 4.78 is 0. The summed E-state index contributed by atoms with van der Waals surface area (Å²) in [5.41, 5.74) is 3.80. The van der Waals surface area contributed by atoms with E-state index in [-0.39, 0.29) is 18.0 Å². The molecule has 1 aliphatic heterocycles. The molecule has 2 aromatic rings. The number of thiophene rings is 1.